The second-order valence-electron chi connectivity index (χ2n) is 4.19. The molecule has 0 aromatic carbocycles. The molecule has 2 heterocycles. The van der Waals surface area contributed by atoms with Crippen molar-refractivity contribution in [3.05, 3.63) is 22.7 Å². The molecule has 0 saturated carbocycles. The normalized spacial score (nSPS) is 10.8. The van der Waals surface area contributed by atoms with Crippen LogP contribution >= 0.6 is 0 Å². The number of carboxylic acid groups (broad SMARTS) is 1. The van der Waals surface area contributed by atoms with Crippen LogP contribution in [-0.4, -0.2) is 43.8 Å². The van der Waals surface area contributed by atoms with Gasteiger partial charge in [0.1, 0.15) is 6.54 Å². The monoisotopic (exact) mass is 265 g/mol. The van der Waals surface area contributed by atoms with E-state index in [1.165, 1.54) is 4.40 Å². The summed E-state index contributed by atoms with van der Waals surface area (Å²) in [5.74, 6) is -0.650. The third-order valence-electron chi connectivity index (χ3n) is 2.66. The van der Waals surface area contributed by atoms with Crippen molar-refractivity contribution in [3.63, 3.8) is 0 Å². The molecular weight excluding hydrogens is 250 g/mol. The zero-order chi connectivity index (χ0) is 14.0. The van der Waals surface area contributed by atoms with Crippen LogP contribution in [-0.2, 0) is 11.3 Å². The van der Waals surface area contributed by atoms with Crippen molar-refractivity contribution in [2.24, 2.45) is 0 Å². The maximum absolute atomic E-state index is 12.1. The summed E-state index contributed by atoms with van der Waals surface area (Å²) in [5.41, 5.74) is -0.109. The number of carbonyl (C=O) groups is 1. The predicted octanol–water partition coefficient (Wildman–Crippen LogP) is -0.178. The number of anilines is 1. The lowest BCUT2D eigenvalue weighted by atomic mass is 10.4. The predicted molar refractivity (Wildman–Crippen MR) is 68.4 cm³/mol. The first-order chi connectivity index (χ1) is 9.04. The van der Waals surface area contributed by atoms with Gasteiger partial charge in [0.2, 0.25) is 5.95 Å². The van der Waals surface area contributed by atoms with Crippen LogP contribution in [0.3, 0.4) is 0 Å². The SMILES string of the molecule is CCCN(C)c1nccc2nn(CC(=O)O)c(=O)n12. The standard InChI is InChI=1S/C11H15N5O3/c1-3-6-14(2)10-12-5-4-8-13-15(7-9(17)18)11(19)16(8)10/h4-5H,3,6-7H2,1-2H3,(H,17,18). The first-order valence-corrected chi connectivity index (χ1v) is 5.92. The molecule has 0 aliphatic heterocycles. The van der Waals surface area contributed by atoms with Crippen molar-refractivity contribution >= 4 is 17.6 Å². The number of aromatic nitrogens is 4. The van der Waals surface area contributed by atoms with E-state index in [0.29, 0.717) is 11.6 Å². The second kappa shape index (κ2) is 5.09. The van der Waals surface area contributed by atoms with Gasteiger partial charge in [0.25, 0.3) is 0 Å². The summed E-state index contributed by atoms with van der Waals surface area (Å²) in [6.07, 6.45) is 2.46. The number of hydrogen-bond donors (Lipinski definition) is 1. The largest absolute Gasteiger partial charge is 0.480 e. The number of nitrogens with zero attached hydrogens (tertiary/aromatic N) is 5. The number of rotatable bonds is 5. The third-order valence-corrected chi connectivity index (χ3v) is 2.66. The molecule has 0 radical (unpaired) electrons. The highest BCUT2D eigenvalue weighted by Gasteiger charge is 2.15. The van der Waals surface area contributed by atoms with Crippen LogP contribution in [0.2, 0.25) is 0 Å². The molecule has 2 aromatic rings. The van der Waals surface area contributed by atoms with E-state index in [1.807, 2.05) is 18.9 Å². The molecule has 2 rings (SSSR count). The minimum Gasteiger partial charge on any atom is -0.480 e. The molecule has 0 saturated heterocycles. The fraction of sp³-hybridized carbons (Fsp3) is 0.455. The quantitative estimate of drug-likeness (QED) is 0.806. The summed E-state index contributed by atoms with van der Waals surface area (Å²) in [6, 6.07) is 1.57. The molecule has 0 atom stereocenters. The second-order valence-corrected chi connectivity index (χ2v) is 4.19. The average molecular weight is 265 g/mol. The van der Waals surface area contributed by atoms with Crippen molar-refractivity contribution in [3.8, 4) is 0 Å². The van der Waals surface area contributed by atoms with E-state index in [-0.39, 0.29) is 0 Å². The van der Waals surface area contributed by atoms with Gasteiger partial charge in [0, 0.05) is 25.9 Å². The van der Waals surface area contributed by atoms with Crippen molar-refractivity contribution < 1.29 is 9.90 Å². The lowest BCUT2D eigenvalue weighted by Gasteiger charge is -2.16. The molecule has 19 heavy (non-hydrogen) atoms. The van der Waals surface area contributed by atoms with Crippen LogP contribution in [0.5, 0.6) is 0 Å². The number of hydrogen-bond acceptors (Lipinski definition) is 5. The fourth-order valence-electron chi connectivity index (χ4n) is 1.88. The Morgan fingerprint density at radius 2 is 2.26 bits per heavy atom. The van der Waals surface area contributed by atoms with Crippen LogP contribution in [0.15, 0.2) is 17.1 Å². The van der Waals surface area contributed by atoms with E-state index in [4.69, 9.17) is 5.11 Å². The smallest absolute Gasteiger partial charge is 0.353 e. The zero-order valence-corrected chi connectivity index (χ0v) is 10.8. The molecule has 102 valence electrons. The molecular formula is C11H15N5O3. The summed E-state index contributed by atoms with van der Waals surface area (Å²) >= 11 is 0. The van der Waals surface area contributed by atoms with E-state index in [0.717, 1.165) is 17.6 Å². The maximum Gasteiger partial charge on any atom is 0.353 e. The summed E-state index contributed by atoms with van der Waals surface area (Å²) in [6.45, 7) is 2.30. The minimum absolute atomic E-state index is 0.388. The topological polar surface area (TPSA) is 92.7 Å². The lowest BCUT2D eigenvalue weighted by molar-refractivity contribution is -0.137. The lowest BCUT2D eigenvalue weighted by Crippen LogP contribution is -2.29. The molecule has 0 aliphatic rings. The van der Waals surface area contributed by atoms with Gasteiger partial charge in [-0.15, -0.1) is 5.10 Å². The van der Waals surface area contributed by atoms with Gasteiger partial charge in [-0.3, -0.25) is 4.79 Å². The number of carboxylic acids is 1. The first kappa shape index (κ1) is 13.1. The van der Waals surface area contributed by atoms with Crippen molar-refractivity contribution in [2.45, 2.75) is 19.9 Å². The molecule has 0 spiro atoms. The van der Waals surface area contributed by atoms with Gasteiger partial charge in [-0.25, -0.2) is 18.9 Å². The van der Waals surface area contributed by atoms with Gasteiger partial charge in [-0.1, -0.05) is 6.92 Å². The molecule has 0 fully saturated rings. The van der Waals surface area contributed by atoms with Crippen molar-refractivity contribution in [1.29, 1.82) is 0 Å². The average Bonchev–Trinajstić information content (AvgIpc) is 2.66. The highest BCUT2D eigenvalue weighted by molar-refractivity contribution is 5.66. The Morgan fingerprint density at radius 3 is 2.89 bits per heavy atom. The summed E-state index contributed by atoms with van der Waals surface area (Å²) in [5, 5.41) is 12.7. The van der Waals surface area contributed by atoms with Gasteiger partial charge >= 0.3 is 11.7 Å². The molecule has 0 aliphatic carbocycles. The molecule has 0 unspecified atom stereocenters. The van der Waals surface area contributed by atoms with E-state index in [1.54, 1.807) is 12.3 Å². The summed E-state index contributed by atoms with van der Waals surface area (Å²) in [7, 11) is 1.83. The highest BCUT2D eigenvalue weighted by atomic mass is 16.4. The molecule has 2 aromatic heterocycles. The zero-order valence-electron chi connectivity index (χ0n) is 10.8. The van der Waals surface area contributed by atoms with Gasteiger partial charge in [-0.2, -0.15) is 0 Å². The summed E-state index contributed by atoms with van der Waals surface area (Å²) < 4.78 is 2.24. The highest BCUT2D eigenvalue weighted by Crippen LogP contribution is 2.09. The van der Waals surface area contributed by atoms with Crippen molar-refractivity contribution in [2.75, 3.05) is 18.5 Å². The Morgan fingerprint density at radius 1 is 1.53 bits per heavy atom. The van der Waals surface area contributed by atoms with Crippen LogP contribution in [0.4, 0.5) is 5.95 Å². The van der Waals surface area contributed by atoms with Gasteiger partial charge in [0.15, 0.2) is 5.65 Å². The molecule has 8 heteroatoms. The number of fused-ring (bicyclic) bond motifs is 1. The van der Waals surface area contributed by atoms with Gasteiger partial charge in [-0.05, 0) is 6.42 Å². The van der Waals surface area contributed by atoms with Crippen LogP contribution < -0.4 is 10.6 Å². The minimum atomic E-state index is -1.11. The number of aliphatic carboxylic acids is 1. The Labute approximate surface area is 108 Å². The Bertz CT molecular complexity index is 660. The molecule has 8 nitrogen and oxygen atoms in total. The molecule has 1 N–H and O–H groups in total. The fourth-order valence-corrected chi connectivity index (χ4v) is 1.88. The first-order valence-electron chi connectivity index (χ1n) is 5.92. The van der Waals surface area contributed by atoms with E-state index >= 15 is 0 Å². The van der Waals surface area contributed by atoms with Crippen LogP contribution in [0.1, 0.15) is 13.3 Å². The van der Waals surface area contributed by atoms with Gasteiger partial charge in [0.05, 0.1) is 0 Å². The molecule has 0 amide bonds. The van der Waals surface area contributed by atoms with E-state index < -0.39 is 18.2 Å². The Balaban J connectivity index is 2.58. The maximum atomic E-state index is 12.1. The Hall–Kier alpha value is -2.38. The van der Waals surface area contributed by atoms with E-state index in [2.05, 4.69) is 10.1 Å². The Kier molecular flexibility index (Phi) is 3.50. The summed E-state index contributed by atoms with van der Waals surface area (Å²) in [4.78, 5) is 28.8. The van der Waals surface area contributed by atoms with Crippen LogP contribution in [0.25, 0.3) is 5.65 Å². The third kappa shape index (κ3) is 2.42. The van der Waals surface area contributed by atoms with Crippen LogP contribution in [0, 0.1) is 0 Å². The van der Waals surface area contributed by atoms with E-state index in [9.17, 15) is 9.59 Å². The molecule has 0 bridgehead atoms. The van der Waals surface area contributed by atoms with Gasteiger partial charge < -0.3 is 10.0 Å². The van der Waals surface area contributed by atoms with Crippen molar-refractivity contribution in [1.82, 2.24) is 19.2 Å².